The molecule has 41 heavy (non-hydrogen) atoms. The summed E-state index contributed by atoms with van der Waals surface area (Å²) < 4.78 is 21.3. The van der Waals surface area contributed by atoms with E-state index in [2.05, 4.69) is 22.8 Å². The van der Waals surface area contributed by atoms with Crippen molar-refractivity contribution in [2.24, 2.45) is 0 Å². The summed E-state index contributed by atoms with van der Waals surface area (Å²) in [7, 11) is 0. The number of carbonyl (C=O) groups excluding carboxylic acids is 3. The monoisotopic (exact) mass is 570 g/mol. The van der Waals surface area contributed by atoms with Crippen LogP contribution in [0, 0.1) is 0 Å². The number of aliphatic carboxylic acids is 1. The molecule has 3 N–H and O–H groups in total. The molecule has 2 aromatic carbocycles. The quantitative estimate of drug-likeness (QED) is 0.241. The Morgan fingerprint density at radius 3 is 2.12 bits per heavy atom. The first-order valence-electron chi connectivity index (χ1n) is 13.3. The van der Waals surface area contributed by atoms with E-state index in [1.165, 1.54) is 5.56 Å². The van der Waals surface area contributed by atoms with Crippen molar-refractivity contribution >= 4 is 24.1 Å². The van der Waals surface area contributed by atoms with Crippen LogP contribution in [0.5, 0.6) is 0 Å². The molecule has 2 aromatic rings. The van der Waals surface area contributed by atoms with Gasteiger partial charge in [-0.2, -0.15) is 0 Å². The fraction of sp³-hybridized carbons (Fsp3) is 0.467. The SMILES string of the molecule is CC(C)(C)OC[C@H](NC(=O)OCc1cccc2c1Cc1ccccc1-2)C(=O)OC[C@H](NC(=O)OC(C)(C)C)C(=O)O. The van der Waals surface area contributed by atoms with Gasteiger partial charge in [0.25, 0.3) is 0 Å². The molecule has 2 amide bonds. The highest BCUT2D eigenvalue weighted by molar-refractivity contribution is 5.83. The van der Waals surface area contributed by atoms with Crippen molar-refractivity contribution in [3.05, 3.63) is 59.2 Å². The molecular formula is C30H38N2O9. The van der Waals surface area contributed by atoms with E-state index in [0.717, 1.165) is 28.7 Å². The van der Waals surface area contributed by atoms with Gasteiger partial charge in [-0.1, -0.05) is 42.5 Å². The summed E-state index contributed by atoms with van der Waals surface area (Å²) in [4.78, 5) is 49.2. The van der Waals surface area contributed by atoms with E-state index in [0.29, 0.717) is 0 Å². The molecule has 2 atom stereocenters. The van der Waals surface area contributed by atoms with Crippen molar-refractivity contribution < 1.29 is 43.2 Å². The molecule has 3 rings (SSSR count). The van der Waals surface area contributed by atoms with Gasteiger partial charge in [-0.25, -0.2) is 19.2 Å². The number of carboxylic acid groups (broad SMARTS) is 1. The number of alkyl carbamates (subject to hydrolysis) is 2. The minimum absolute atomic E-state index is 0.0220. The second-order valence-electron chi connectivity index (χ2n) is 11.6. The van der Waals surface area contributed by atoms with Gasteiger partial charge in [0.15, 0.2) is 12.1 Å². The van der Waals surface area contributed by atoms with E-state index < -0.39 is 54.0 Å². The van der Waals surface area contributed by atoms with Crippen molar-refractivity contribution in [1.82, 2.24) is 10.6 Å². The van der Waals surface area contributed by atoms with Crippen molar-refractivity contribution in [3.63, 3.8) is 0 Å². The maximum atomic E-state index is 12.9. The molecule has 0 unspecified atom stereocenters. The topological polar surface area (TPSA) is 149 Å². The first-order valence-corrected chi connectivity index (χ1v) is 13.3. The summed E-state index contributed by atoms with van der Waals surface area (Å²) in [6.45, 7) is 9.20. The Kier molecular flexibility index (Phi) is 9.98. The predicted molar refractivity (Wildman–Crippen MR) is 149 cm³/mol. The smallest absolute Gasteiger partial charge is 0.408 e. The number of esters is 1. The Morgan fingerprint density at radius 1 is 0.805 bits per heavy atom. The summed E-state index contributed by atoms with van der Waals surface area (Å²) in [5.74, 6) is -2.39. The molecular weight excluding hydrogens is 532 g/mol. The van der Waals surface area contributed by atoms with Gasteiger partial charge in [-0.15, -0.1) is 0 Å². The van der Waals surface area contributed by atoms with Crippen molar-refractivity contribution in [3.8, 4) is 11.1 Å². The lowest BCUT2D eigenvalue weighted by Crippen LogP contribution is -2.50. The highest BCUT2D eigenvalue weighted by atomic mass is 16.6. The van der Waals surface area contributed by atoms with Crippen molar-refractivity contribution in [1.29, 1.82) is 0 Å². The number of amides is 2. The molecule has 1 aliphatic carbocycles. The second-order valence-corrected chi connectivity index (χ2v) is 11.6. The van der Waals surface area contributed by atoms with Gasteiger partial charge < -0.3 is 34.7 Å². The Labute approximate surface area is 239 Å². The molecule has 0 radical (unpaired) electrons. The Bertz CT molecular complexity index is 1280. The first kappa shape index (κ1) is 31.4. The minimum atomic E-state index is -1.57. The standard InChI is InChI=1S/C30H38N2O9/c1-29(2,3)40-17-24(26(35)38-16-23(25(33)34)31-28(37)41-30(4,5)6)32-27(36)39-15-19-11-9-13-21-20-12-8-7-10-18(20)14-22(19)21/h7-13,23-24H,14-17H2,1-6H3,(H,31,37)(H,32,36)(H,33,34)/t23-,24-/m0/s1. The van der Waals surface area contributed by atoms with Gasteiger partial charge in [0, 0.05) is 0 Å². The van der Waals surface area contributed by atoms with E-state index >= 15 is 0 Å². The summed E-state index contributed by atoms with van der Waals surface area (Å²) in [6.07, 6.45) is -1.13. The third kappa shape index (κ3) is 9.49. The minimum Gasteiger partial charge on any atom is -0.480 e. The number of ether oxygens (including phenoxy) is 4. The van der Waals surface area contributed by atoms with E-state index in [9.17, 15) is 24.3 Å². The number of carbonyl (C=O) groups is 4. The first-order chi connectivity index (χ1) is 19.1. The zero-order valence-electron chi connectivity index (χ0n) is 24.2. The van der Waals surface area contributed by atoms with Crippen LogP contribution >= 0.6 is 0 Å². The average molecular weight is 571 g/mol. The zero-order valence-corrected chi connectivity index (χ0v) is 24.2. The van der Waals surface area contributed by atoms with Crippen LogP contribution < -0.4 is 10.6 Å². The third-order valence-electron chi connectivity index (χ3n) is 5.95. The van der Waals surface area contributed by atoms with E-state index in [1.54, 1.807) is 41.5 Å². The van der Waals surface area contributed by atoms with E-state index in [-0.39, 0.29) is 13.2 Å². The maximum Gasteiger partial charge on any atom is 0.408 e. The number of rotatable bonds is 10. The lowest BCUT2D eigenvalue weighted by molar-refractivity contribution is -0.152. The largest absolute Gasteiger partial charge is 0.480 e. The van der Waals surface area contributed by atoms with Crippen LogP contribution in [-0.4, -0.2) is 65.7 Å². The number of hydrogen-bond donors (Lipinski definition) is 3. The molecule has 0 aliphatic heterocycles. The molecule has 0 fully saturated rings. The molecule has 0 heterocycles. The number of fused-ring (bicyclic) bond motifs is 3. The summed E-state index contributed by atoms with van der Waals surface area (Å²) >= 11 is 0. The van der Waals surface area contributed by atoms with Gasteiger partial charge in [0.1, 0.15) is 18.8 Å². The molecule has 1 aliphatic rings. The van der Waals surface area contributed by atoms with Crippen LogP contribution in [0.3, 0.4) is 0 Å². The lowest BCUT2D eigenvalue weighted by atomic mass is 10.0. The molecule has 0 bridgehead atoms. The fourth-order valence-electron chi connectivity index (χ4n) is 4.08. The lowest BCUT2D eigenvalue weighted by Gasteiger charge is -2.25. The number of carboxylic acids is 1. The number of nitrogens with one attached hydrogen (secondary N) is 2. The molecule has 11 nitrogen and oxygen atoms in total. The van der Waals surface area contributed by atoms with Gasteiger partial charge in [0.05, 0.1) is 12.2 Å². The maximum absolute atomic E-state index is 12.9. The number of benzene rings is 2. The highest BCUT2D eigenvalue weighted by Gasteiger charge is 2.30. The predicted octanol–water partition coefficient (Wildman–Crippen LogP) is 4.19. The summed E-state index contributed by atoms with van der Waals surface area (Å²) in [5, 5.41) is 14.1. The molecule has 11 heteroatoms. The normalized spacial score (nSPS) is 13.7. The summed E-state index contributed by atoms with van der Waals surface area (Å²) in [6, 6.07) is 11.0. The van der Waals surface area contributed by atoms with Crippen LogP contribution in [0.1, 0.15) is 58.2 Å². The van der Waals surface area contributed by atoms with Gasteiger partial charge in [-0.05, 0) is 75.8 Å². The molecule has 222 valence electrons. The fourth-order valence-corrected chi connectivity index (χ4v) is 4.08. The van der Waals surface area contributed by atoms with Crippen LogP contribution in [0.2, 0.25) is 0 Å². The van der Waals surface area contributed by atoms with Gasteiger partial charge >= 0.3 is 24.1 Å². The zero-order chi connectivity index (χ0) is 30.4. The Hall–Kier alpha value is -4.12. The van der Waals surface area contributed by atoms with Crippen molar-refractivity contribution in [2.45, 2.75) is 77.9 Å². The molecule has 0 saturated heterocycles. The van der Waals surface area contributed by atoms with Crippen molar-refractivity contribution in [2.75, 3.05) is 13.2 Å². The third-order valence-corrected chi connectivity index (χ3v) is 5.95. The molecule has 0 saturated carbocycles. The van der Waals surface area contributed by atoms with E-state index in [4.69, 9.17) is 18.9 Å². The van der Waals surface area contributed by atoms with E-state index in [1.807, 2.05) is 30.3 Å². The number of hydrogen-bond acceptors (Lipinski definition) is 8. The molecule has 0 aromatic heterocycles. The van der Waals surface area contributed by atoms with Crippen LogP contribution in [-0.2, 0) is 41.6 Å². The van der Waals surface area contributed by atoms with Crippen LogP contribution in [0.25, 0.3) is 11.1 Å². The second kappa shape index (κ2) is 13.0. The average Bonchev–Trinajstić information content (AvgIpc) is 3.25. The van der Waals surface area contributed by atoms with Gasteiger partial charge in [-0.3, -0.25) is 0 Å². The molecule has 0 spiro atoms. The van der Waals surface area contributed by atoms with Gasteiger partial charge in [0.2, 0.25) is 0 Å². The van der Waals surface area contributed by atoms with Crippen LogP contribution in [0.15, 0.2) is 42.5 Å². The summed E-state index contributed by atoms with van der Waals surface area (Å²) in [5.41, 5.74) is 3.86. The van der Waals surface area contributed by atoms with Crippen LogP contribution in [0.4, 0.5) is 9.59 Å². The Balaban J connectivity index is 1.62. The highest BCUT2D eigenvalue weighted by Crippen LogP contribution is 2.38. The Morgan fingerprint density at radius 2 is 1.46 bits per heavy atom.